The summed E-state index contributed by atoms with van der Waals surface area (Å²) >= 11 is 5.31. The number of carbonyl (C=O) groups is 1. The van der Waals surface area contributed by atoms with Crippen LogP contribution in [0.4, 0.5) is 0 Å². The third-order valence-corrected chi connectivity index (χ3v) is 7.00. The summed E-state index contributed by atoms with van der Waals surface area (Å²) in [5, 5.41) is 6.76. The topological polar surface area (TPSA) is 59.6 Å². The Hall–Kier alpha value is -2.44. The summed E-state index contributed by atoms with van der Waals surface area (Å²) in [4.78, 5) is 11.6. The molecule has 1 aliphatic heterocycles. The number of esters is 1. The molecule has 1 aliphatic rings. The molecule has 1 unspecified atom stereocenters. The molecular weight excluding hydrogens is 468 g/mol. The van der Waals surface area contributed by atoms with E-state index in [-0.39, 0.29) is 46.6 Å². The molecule has 1 heterocycles. The van der Waals surface area contributed by atoms with Crippen LogP contribution in [0.2, 0.25) is 0 Å². The fourth-order valence-corrected chi connectivity index (χ4v) is 4.87. The zero-order valence-corrected chi connectivity index (χ0v) is 23.6. The monoisotopic (exact) mass is 510 g/mol. The van der Waals surface area contributed by atoms with E-state index in [2.05, 4.69) is 101 Å². The Bertz CT molecular complexity index is 963. The second-order valence-corrected chi connectivity index (χ2v) is 12.0. The number of benzene rings is 2. The van der Waals surface area contributed by atoms with E-state index in [0.29, 0.717) is 13.2 Å². The molecule has 0 aromatic heterocycles. The normalized spacial score (nSPS) is 18.2. The number of ether oxygens (including phenoxy) is 2. The van der Waals surface area contributed by atoms with Crippen molar-refractivity contribution in [2.75, 3.05) is 19.7 Å². The number of thiocarbonyl (C=S) groups is 1. The summed E-state index contributed by atoms with van der Waals surface area (Å²) in [6, 6.07) is 18.3. The van der Waals surface area contributed by atoms with E-state index in [1.165, 1.54) is 22.3 Å². The van der Waals surface area contributed by atoms with Gasteiger partial charge in [-0.3, -0.25) is 4.79 Å². The van der Waals surface area contributed by atoms with Gasteiger partial charge in [-0.15, -0.1) is 0 Å². The van der Waals surface area contributed by atoms with Gasteiger partial charge in [-0.05, 0) is 52.2 Å². The van der Waals surface area contributed by atoms with E-state index in [1.807, 2.05) is 0 Å². The fraction of sp³-hybridized carbons (Fsp3) is 0.533. The molecule has 0 amide bonds. The lowest BCUT2D eigenvalue weighted by Crippen LogP contribution is -2.34. The minimum atomic E-state index is -0.344. The molecule has 36 heavy (non-hydrogen) atoms. The summed E-state index contributed by atoms with van der Waals surface area (Å²) in [5.74, 6) is -0.161. The first-order valence-electron chi connectivity index (χ1n) is 12.9. The molecule has 0 radical (unpaired) electrons. The summed E-state index contributed by atoms with van der Waals surface area (Å²) < 4.78 is 10.9. The van der Waals surface area contributed by atoms with Crippen LogP contribution >= 0.6 is 12.2 Å². The van der Waals surface area contributed by atoms with Crippen molar-refractivity contribution in [3.05, 3.63) is 70.8 Å². The summed E-state index contributed by atoms with van der Waals surface area (Å²) in [6.07, 6.45) is 0.746. The van der Waals surface area contributed by atoms with Crippen LogP contribution in [0.25, 0.3) is 0 Å². The number of rotatable bonds is 7. The van der Waals surface area contributed by atoms with Gasteiger partial charge in [0.1, 0.15) is 12.6 Å². The van der Waals surface area contributed by atoms with E-state index in [4.69, 9.17) is 21.7 Å². The zero-order chi connectivity index (χ0) is 26.5. The molecule has 0 saturated carbocycles. The molecule has 3 rings (SSSR count). The first-order valence-corrected chi connectivity index (χ1v) is 13.3. The van der Waals surface area contributed by atoms with E-state index < -0.39 is 0 Å². The van der Waals surface area contributed by atoms with Gasteiger partial charge in [0.15, 0.2) is 0 Å². The Morgan fingerprint density at radius 1 is 0.972 bits per heavy atom. The highest BCUT2D eigenvalue weighted by molar-refractivity contribution is 7.80. The van der Waals surface area contributed by atoms with Crippen molar-refractivity contribution < 1.29 is 14.3 Å². The van der Waals surface area contributed by atoms with Crippen LogP contribution in [-0.2, 0) is 25.1 Å². The average Bonchev–Trinajstić information content (AvgIpc) is 3.25. The second-order valence-electron chi connectivity index (χ2n) is 11.7. The van der Waals surface area contributed by atoms with Gasteiger partial charge < -0.3 is 20.1 Å². The molecule has 1 fully saturated rings. The maximum Gasteiger partial charge on any atom is 0.325 e. The minimum Gasteiger partial charge on any atom is -0.466 e. The summed E-state index contributed by atoms with van der Waals surface area (Å²) in [7, 11) is 0. The number of hydrogen-bond donors (Lipinski definition) is 2. The van der Waals surface area contributed by atoms with Crippen LogP contribution in [0.3, 0.4) is 0 Å². The van der Waals surface area contributed by atoms with Crippen molar-refractivity contribution >= 4 is 23.4 Å². The predicted molar refractivity (Wildman–Crippen MR) is 151 cm³/mol. The van der Waals surface area contributed by atoms with Gasteiger partial charge in [-0.1, -0.05) is 90.1 Å². The predicted octanol–water partition coefficient (Wildman–Crippen LogP) is 5.60. The molecule has 196 valence electrons. The van der Waals surface area contributed by atoms with Crippen LogP contribution < -0.4 is 10.6 Å². The quantitative estimate of drug-likeness (QED) is 0.374. The van der Waals surface area contributed by atoms with Gasteiger partial charge >= 0.3 is 5.97 Å². The standard InChI is InChI=1S/C30H42N2O3S/c1-8-34-26(33)19-32-28(36)35-24-17-25(31-18-24)27(20-9-13-22(14-10-20)29(2,3)4)21-11-15-23(16-12-21)30(5,6)7/h9-16,24-25,27,31H,8,17-19H2,1-7H3,(H,32,36)/t24-,25?/m1/s1. The lowest BCUT2D eigenvalue weighted by atomic mass is 9.80. The second kappa shape index (κ2) is 11.7. The smallest absolute Gasteiger partial charge is 0.325 e. The molecule has 2 atom stereocenters. The van der Waals surface area contributed by atoms with Crippen molar-refractivity contribution in [3.8, 4) is 0 Å². The third-order valence-electron chi connectivity index (χ3n) is 6.75. The SMILES string of the molecule is CCOC(=O)CNC(=S)O[C@H]1CNC(C(c2ccc(C(C)(C)C)cc2)c2ccc(C(C)(C)C)cc2)C1. The fourth-order valence-electron chi connectivity index (χ4n) is 4.66. The van der Waals surface area contributed by atoms with E-state index >= 15 is 0 Å². The number of hydrogen-bond acceptors (Lipinski definition) is 5. The average molecular weight is 511 g/mol. The molecule has 5 nitrogen and oxygen atoms in total. The van der Waals surface area contributed by atoms with Gasteiger partial charge in [0.2, 0.25) is 0 Å². The Morgan fingerprint density at radius 3 is 1.92 bits per heavy atom. The summed E-state index contributed by atoms with van der Waals surface area (Å²) in [5.41, 5.74) is 5.44. The number of carbonyl (C=O) groups excluding carboxylic acids is 1. The Labute approximate surface area is 222 Å². The molecule has 2 N–H and O–H groups in total. The highest BCUT2D eigenvalue weighted by Gasteiger charge is 2.34. The molecule has 2 aromatic carbocycles. The zero-order valence-electron chi connectivity index (χ0n) is 22.8. The third kappa shape index (κ3) is 7.53. The number of nitrogens with one attached hydrogen (secondary N) is 2. The highest BCUT2D eigenvalue weighted by Crippen LogP contribution is 2.35. The molecule has 0 spiro atoms. The van der Waals surface area contributed by atoms with Gasteiger partial charge in [0, 0.05) is 24.9 Å². The highest BCUT2D eigenvalue weighted by atomic mass is 32.1. The molecular formula is C30H42N2O3S. The van der Waals surface area contributed by atoms with Crippen molar-refractivity contribution in [1.29, 1.82) is 0 Å². The van der Waals surface area contributed by atoms with E-state index in [1.54, 1.807) is 6.92 Å². The van der Waals surface area contributed by atoms with Gasteiger partial charge in [0.25, 0.3) is 5.17 Å². The largest absolute Gasteiger partial charge is 0.466 e. The maximum absolute atomic E-state index is 11.6. The lowest BCUT2D eigenvalue weighted by molar-refractivity contribution is -0.141. The Kier molecular flexibility index (Phi) is 9.18. The van der Waals surface area contributed by atoms with Gasteiger partial charge in [-0.2, -0.15) is 0 Å². The maximum atomic E-state index is 11.6. The Morgan fingerprint density at radius 2 is 1.47 bits per heavy atom. The Balaban J connectivity index is 1.78. The first kappa shape index (κ1) is 28.1. The molecule has 0 bridgehead atoms. The van der Waals surface area contributed by atoms with Crippen molar-refractivity contribution in [2.45, 2.75) is 83.8 Å². The molecule has 6 heteroatoms. The van der Waals surface area contributed by atoms with E-state index in [0.717, 1.165) is 6.42 Å². The molecule has 2 aromatic rings. The molecule has 0 aliphatic carbocycles. The van der Waals surface area contributed by atoms with Gasteiger partial charge in [0.05, 0.1) is 6.61 Å². The molecule has 1 saturated heterocycles. The van der Waals surface area contributed by atoms with Crippen LogP contribution in [-0.4, -0.2) is 43.0 Å². The van der Waals surface area contributed by atoms with E-state index in [9.17, 15) is 4.79 Å². The minimum absolute atomic E-state index is 0.0130. The van der Waals surface area contributed by atoms with Crippen LogP contribution in [0.5, 0.6) is 0 Å². The lowest BCUT2D eigenvalue weighted by Gasteiger charge is -2.27. The van der Waals surface area contributed by atoms with Crippen molar-refractivity contribution in [1.82, 2.24) is 10.6 Å². The van der Waals surface area contributed by atoms with Crippen LogP contribution in [0.1, 0.15) is 83.1 Å². The first-order chi connectivity index (χ1) is 16.9. The van der Waals surface area contributed by atoms with Crippen molar-refractivity contribution in [2.24, 2.45) is 0 Å². The summed E-state index contributed by atoms with van der Waals surface area (Å²) in [6.45, 7) is 16.3. The van der Waals surface area contributed by atoms with Crippen LogP contribution in [0.15, 0.2) is 48.5 Å². The van der Waals surface area contributed by atoms with Gasteiger partial charge in [-0.25, -0.2) is 0 Å². The van der Waals surface area contributed by atoms with Crippen LogP contribution in [0, 0.1) is 0 Å². The van der Waals surface area contributed by atoms with Crippen molar-refractivity contribution in [3.63, 3.8) is 0 Å².